The van der Waals surface area contributed by atoms with E-state index in [0.717, 1.165) is 11.1 Å². The molecule has 4 rings (SSSR count). The summed E-state index contributed by atoms with van der Waals surface area (Å²) in [4.78, 5) is 21.8. The summed E-state index contributed by atoms with van der Waals surface area (Å²) >= 11 is 12.1. The molecule has 5 heteroatoms. The van der Waals surface area contributed by atoms with Gasteiger partial charge in [-0.2, -0.15) is 0 Å². The van der Waals surface area contributed by atoms with E-state index < -0.39 is 0 Å². The van der Waals surface area contributed by atoms with Gasteiger partial charge < -0.3 is 0 Å². The predicted octanol–water partition coefficient (Wildman–Crippen LogP) is 6.35. The lowest BCUT2D eigenvalue weighted by Crippen LogP contribution is -2.03. The van der Waals surface area contributed by atoms with Gasteiger partial charge in [0.2, 0.25) is 0 Å². The molecule has 2 heterocycles. The second-order valence-electron chi connectivity index (χ2n) is 6.21. The van der Waals surface area contributed by atoms with Gasteiger partial charge in [0, 0.05) is 44.7 Å². The van der Waals surface area contributed by atoms with Gasteiger partial charge in [-0.05, 0) is 48.5 Å². The molecule has 136 valence electrons. The zero-order chi connectivity index (χ0) is 19.5. The largest absolute Gasteiger partial charge is 0.289 e. The van der Waals surface area contributed by atoms with Crippen LogP contribution < -0.4 is 0 Å². The third-order valence-corrected chi connectivity index (χ3v) is 4.76. The summed E-state index contributed by atoms with van der Waals surface area (Å²) in [6.45, 7) is 0. The number of hydrogen-bond donors (Lipinski definition) is 0. The monoisotopic (exact) mass is 404 g/mol. The fourth-order valence-corrected chi connectivity index (χ4v) is 3.30. The van der Waals surface area contributed by atoms with Crippen LogP contribution in [0.15, 0.2) is 85.2 Å². The Morgan fingerprint density at radius 2 is 1.11 bits per heavy atom. The summed E-state index contributed by atoms with van der Waals surface area (Å²) in [6.07, 6.45) is 3.26. The first-order chi connectivity index (χ1) is 13.6. The highest BCUT2D eigenvalue weighted by atomic mass is 35.5. The number of halogens is 2. The normalized spacial score (nSPS) is 10.6. The molecule has 3 nitrogen and oxygen atoms in total. The fraction of sp³-hybridized carbons (Fsp3) is 0. The minimum absolute atomic E-state index is 0.101. The second kappa shape index (κ2) is 7.93. The summed E-state index contributed by atoms with van der Waals surface area (Å²) < 4.78 is 0. The Morgan fingerprint density at radius 1 is 0.643 bits per heavy atom. The van der Waals surface area contributed by atoms with Crippen molar-refractivity contribution in [1.82, 2.24) is 9.97 Å². The lowest BCUT2D eigenvalue weighted by molar-refractivity contribution is 0.103. The van der Waals surface area contributed by atoms with Crippen LogP contribution >= 0.6 is 23.2 Å². The van der Waals surface area contributed by atoms with E-state index in [1.807, 2.05) is 36.4 Å². The molecular formula is C23H14Cl2N2O. The van der Waals surface area contributed by atoms with Gasteiger partial charge in [-0.3, -0.25) is 14.8 Å². The molecule has 0 unspecified atom stereocenters. The van der Waals surface area contributed by atoms with Crippen molar-refractivity contribution in [2.45, 2.75) is 0 Å². The minimum atomic E-state index is -0.101. The Morgan fingerprint density at radius 3 is 1.54 bits per heavy atom. The first-order valence-corrected chi connectivity index (χ1v) is 9.34. The van der Waals surface area contributed by atoms with E-state index in [0.29, 0.717) is 32.6 Å². The molecule has 0 bridgehead atoms. The first kappa shape index (κ1) is 18.4. The van der Waals surface area contributed by atoms with E-state index in [9.17, 15) is 4.79 Å². The van der Waals surface area contributed by atoms with Crippen LogP contribution in [0.2, 0.25) is 10.0 Å². The molecule has 0 fully saturated rings. The number of rotatable bonds is 4. The van der Waals surface area contributed by atoms with Crippen molar-refractivity contribution in [3.05, 3.63) is 106 Å². The molecule has 0 spiro atoms. The summed E-state index contributed by atoms with van der Waals surface area (Å²) in [7, 11) is 0. The Bertz CT molecular complexity index is 1080. The van der Waals surface area contributed by atoms with E-state index in [1.165, 1.54) is 0 Å². The number of pyridine rings is 2. The highest BCUT2D eigenvalue weighted by Gasteiger charge is 2.13. The number of benzene rings is 2. The van der Waals surface area contributed by atoms with E-state index >= 15 is 0 Å². The quantitative estimate of drug-likeness (QED) is 0.372. The van der Waals surface area contributed by atoms with Gasteiger partial charge in [-0.25, -0.2) is 0 Å². The Hall–Kier alpha value is -3.01. The number of aromatic nitrogens is 2. The van der Waals surface area contributed by atoms with E-state index in [2.05, 4.69) is 9.97 Å². The third-order valence-electron chi connectivity index (χ3n) is 4.29. The van der Waals surface area contributed by atoms with Gasteiger partial charge in [0.15, 0.2) is 5.78 Å². The molecule has 2 aromatic heterocycles. The van der Waals surface area contributed by atoms with E-state index in [4.69, 9.17) is 23.2 Å². The number of carbonyl (C=O) groups is 1. The van der Waals surface area contributed by atoms with Crippen molar-refractivity contribution in [1.29, 1.82) is 0 Å². The topological polar surface area (TPSA) is 42.9 Å². The smallest absolute Gasteiger partial charge is 0.193 e. The maximum atomic E-state index is 13.0. The van der Waals surface area contributed by atoms with Crippen LogP contribution in [-0.4, -0.2) is 15.8 Å². The van der Waals surface area contributed by atoms with E-state index in [1.54, 1.807) is 48.8 Å². The zero-order valence-electron chi connectivity index (χ0n) is 14.6. The average Bonchev–Trinajstić information content (AvgIpc) is 2.73. The van der Waals surface area contributed by atoms with Gasteiger partial charge >= 0.3 is 0 Å². The maximum absolute atomic E-state index is 13.0. The van der Waals surface area contributed by atoms with Crippen molar-refractivity contribution < 1.29 is 4.79 Å². The molecule has 0 aliphatic carbocycles. The molecule has 0 radical (unpaired) electrons. The Balaban J connectivity index is 1.69. The van der Waals surface area contributed by atoms with Crippen LogP contribution in [0, 0.1) is 0 Å². The molecule has 2 aromatic carbocycles. The van der Waals surface area contributed by atoms with Crippen LogP contribution in [0.3, 0.4) is 0 Å². The van der Waals surface area contributed by atoms with Crippen molar-refractivity contribution in [2.75, 3.05) is 0 Å². The molecule has 4 aromatic rings. The van der Waals surface area contributed by atoms with Crippen LogP contribution in [0.5, 0.6) is 0 Å². The molecule has 0 atom stereocenters. The molecule has 28 heavy (non-hydrogen) atoms. The van der Waals surface area contributed by atoms with Gasteiger partial charge in [0.25, 0.3) is 0 Å². The van der Waals surface area contributed by atoms with Crippen molar-refractivity contribution >= 4 is 29.0 Å². The van der Waals surface area contributed by atoms with E-state index in [-0.39, 0.29) is 5.78 Å². The highest BCUT2D eigenvalue weighted by Crippen LogP contribution is 2.24. The van der Waals surface area contributed by atoms with Crippen LogP contribution in [-0.2, 0) is 0 Å². The maximum Gasteiger partial charge on any atom is 0.193 e. The van der Waals surface area contributed by atoms with Gasteiger partial charge in [0.1, 0.15) is 0 Å². The van der Waals surface area contributed by atoms with Crippen molar-refractivity contribution in [3.63, 3.8) is 0 Å². The van der Waals surface area contributed by atoms with Crippen molar-refractivity contribution in [3.8, 4) is 22.5 Å². The average molecular weight is 405 g/mol. The predicted molar refractivity (Wildman–Crippen MR) is 113 cm³/mol. The van der Waals surface area contributed by atoms with Crippen molar-refractivity contribution in [2.24, 2.45) is 0 Å². The standard InChI is InChI=1S/C23H14Cl2N2O/c24-19-5-1-3-15(11-19)21-13-17(7-9-26-21)23(28)18-8-10-27-22(14-18)16-4-2-6-20(25)12-16/h1-14H. The Labute approximate surface area is 172 Å². The fourth-order valence-electron chi connectivity index (χ4n) is 2.92. The summed E-state index contributed by atoms with van der Waals surface area (Å²) in [5.41, 5.74) is 4.20. The number of ketones is 1. The van der Waals surface area contributed by atoms with Crippen LogP contribution in [0.4, 0.5) is 0 Å². The summed E-state index contributed by atoms with van der Waals surface area (Å²) in [5, 5.41) is 1.24. The second-order valence-corrected chi connectivity index (χ2v) is 7.08. The van der Waals surface area contributed by atoms with Gasteiger partial charge in [0.05, 0.1) is 11.4 Å². The number of nitrogens with zero attached hydrogens (tertiary/aromatic N) is 2. The molecule has 0 aliphatic heterocycles. The lowest BCUT2D eigenvalue weighted by Gasteiger charge is -2.07. The zero-order valence-corrected chi connectivity index (χ0v) is 16.2. The third kappa shape index (κ3) is 3.96. The summed E-state index contributed by atoms with van der Waals surface area (Å²) in [5.74, 6) is -0.101. The van der Waals surface area contributed by atoms with Crippen LogP contribution in [0.25, 0.3) is 22.5 Å². The molecule has 0 saturated heterocycles. The number of carbonyl (C=O) groups excluding carboxylic acids is 1. The molecular weight excluding hydrogens is 391 g/mol. The summed E-state index contributed by atoms with van der Waals surface area (Å²) in [6, 6.07) is 21.7. The molecule has 0 N–H and O–H groups in total. The Kier molecular flexibility index (Phi) is 5.20. The van der Waals surface area contributed by atoms with Gasteiger partial charge in [-0.15, -0.1) is 0 Å². The first-order valence-electron chi connectivity index (χ1n) is 8.59. The number of hydrogen-bond acceptors (Lipinski definition) is 3. The minimum Gasteiger partial charge on any atom is -0.289 e. The molecule has 0 saturated carbocycles. The van der Waals surface area contributed by atoms with Crippen LogP contribution in [0.1, 0.15) is 15.9 Å². The molecule has 0 aliphatic rings. The lowest BCUT2D eigenvalue weighted by atomic mass is 10.0. The molecule has 0 amide bonds. The van der Waals surface area contributed by atoms with Gasteiger partial charge in [-0.1, -0.05) is 47.5 Å². The highest BCUT2D eigenvalue weighted by molar-refractivity contribution is 6.31. The SMILES string of the molecule is O=C(c1ccnc(-c2cccc(Cl)c2)c1)c1ccnc(-c2cccc(Cl)c2)c1.